The molecule has 0 aromatic rings. The van der Waals surface area contributed by atoms with Gasteiger partial charge in [0.2, 0.25) is 0 Å². The summed E-state index contributed by atoms with van der Waals surface area (Å²) < 4.78 is 0. The molecule has 4 bridgehead atoms. The van der Waals surface area contributed by atoms with Crippen molar-refractivity contribution in [3.8, 4) is 6.07 Å². The minimum Gasteiger partial charge on any atom is -0.333 e. The fraction of sp³-hybridized carbons (Fsp3) is 0.882. The zero-order chi connectivity index (χ0) is 15.1. The molecule has 4 heteroatoms. The molecule has 0 spiro atoms. The summed E-state index contributed by atoms with van der Waals surface area (Å²) in [7, 11) is 0. The predicted molar refractivity (Wildman–Crippen MR) is 81.5 cm³/mol. The Morgan fingerprint density at radius 1 is 1.14 bits per heavy atom. The fourth-order valence-electron chi connectivity index (χ4n) is 5.37. The molecule has 0 atom stereocenters. The lowest BCUT2D eigenvalue weighted by molar-refractivity contribution is -0.0138. The summed E-state index contributed by atoms with van der Waals surface area (Å²) in [6.07, 6.45) is 8.83. The van der Waals surface area contributed by atoms with Gasteiger partial charge in [-0.1, -0.05) is 13.8 Å². The summed E-state index contributed by atoms with van der Waals surface area (Å²) in [5, 5.41) is 15.6. The van der Waals surface area contributed by atoms with Gasteiger partial charge < -0.3 is 10.6 Å². The van der Waals surface area contributed by atoms with Crippen molar-refractivity contribution in [2.45, 2.75) is 76.3 Å². The summed E-state index contributed by atoms with van der Waals surface area (Å²) in [6.45, 7) is 3.91. The highest BCUT2D eigenvalue weighted by Crippen LogP contribution is 2.55. The minimum atomic E-state index is -0.716. The molecule has 4 nitrogen and oxygen atoms in total. The van der Waals surface area contributed by atoms with E-state index in [0.29, 0.717) is 12.8 Å². The Morgan fingerprint density at radius 2 is 1.62 bits per heavy atom. The van der Waals surface area contributed by atoms with E-state index in [4.69, 9.17) is 0 Å². The van der Waals surface area contributed by atoms with E-state index < -0.39 is 5.54 Å². The van der Waals surface area contributed by atoms with Crippen LogP contribution in [0.25, 0.3) is 0 Å². The summed E-state index contributed by atoms with van der Waals surface area (Å²) in [6, 6.07) is 2.15. The fourth-order valence-corrected chi connectivity index (χ4v) is 5.37. The molecule has 116 valence electrons. The molecule has 0 aromatic carbocycles. The third kappa shape index (κ3) is 2.63. The lowest BCUT2D eigenvalue weighted by atomic mass is 9.53. The molecule has 0 aliphatic heterocycles. The number of carbonyl (C=O) groups excluding carboxylic acids is 1. The molecular weight excluding hydrogens is 262 g/mol. The number of nitrogens with one attached hydrogen (secondary N) is 2. The van der Waals surface area contributed by atoms with Gasteiger partial charge in [0.25, 0.3) is 0 Å². The van der Waals surface area contributed by atoms with Crippen LogP contribution in [0.3, 0.4) is 0 Å². The Balaban J connectivity index is 1.66. The first-order valence-electron chi connectivity index (χ1n) is 8.53. The Hall–Kier alpha value is -1.24. The summed E-state index contributed by atoms with van der Waals surface area (Å²) >= 11 is 0. The maximum atomic E-state index is 12.4. The van der Waals surface area contributed by atoms with Crippen LogP contribution in [0.5, 0.6) is 0 Å². The number of nitrogens with zero attached hydrogens (tertiary/aromatic N) is 1. The first-order chi connectivity index (χ1) is 10.0. The Labute approximate surface area is 127 Å². The molecule has 0 saturated heterocycles. The average molecular weight is 289 g/mol. The zero-order valence-corrected chi connectivity index (χ0v) is 13.2. The number of urea groups is 1. The number of carbonyl (C=O) groups is 1. The van der Waals surface area contributed by atoms with Gasteiger partial charge in [0, 0.05) is 5.54 Å². The standard InChI is InChI=1S/C17H27N3O/c1-3-16(4-2,11-18)19-15(21)20-17-8-12-5-13(9-17)7-14(6-12)10-17/h12-14H,3-10H2,1-2H3,(H2,19,20,21). The van der Waals surface area contributed by atoms with Crippen LogP contribution >= 0.6 is 0 Å². The predicted octanol–water partition coefficient (Wildman–Crippen LogP) is 3.34. The third-order valence-corrected chi connectivity index (χ3v) is 6.19. The van der Waals surface area contributed by atoms with Crippen molar-refractivity contribution < 1.29 is 4.79 Å². The first-order valence-corrected chi connectivity index (χ1v) is 8.53. The molecule has 0 aromatic heterocycles. The smallest absolute Gasteiger partial charge is 0.316 e. The number of hydrogen-bond acceptors (Lipinski definition) is 2. The van der Waals surface area contributed by atoms with Crippen LogP contribution in [0.15, 0.2) is 0 Å². The first kappa shape index (κ1) is 14.7. The van der Waals surface area contributed by atoms with Crippen LogP contribution < -0.4 is 10.6 Å². The molecule has 4 fully saturated rings. The largest absolute Gasteiger partial charge is 0.333 e. The van der Waals surface area contributed by atoms with Crippen LogP contribution in [0.2, 0.25) is 0 Å². The van der Waals surface area contributed by atoms with Gasteiger partial charge >= 0.3 is 6.03 Å². The highest BCUT2D eigenvalue weighted by Gasteiger charge is 2.51. The van der Waals surface area contributed by atoms with Crippen LogP contribution in [-0.2, 0) is 0 Å². The van der Waals surface area contributed by atoms with Crippen molar-refractivity contribution in [1.82, 2.24) is 10.6 Å². The molecule has 21 heavy (non-hydrogen) atoms. The van der Waals surface area contributed by atoms with Crippen molar-refractivity contribution in [2.24, 2.45) is 17.8 Å². The van der Waals surface area contributed by atoms with Crippen LogP contribution in [0, 0.1) is 29.1 Å². The van der Waals surface area contributed by atoms with Crippen molar-refractivity contribution in [3.63, 3.8) is 0 Å². The molecule has 0 unspecified atom stereocenters. The van der Waals surface area contributed by atoms with E-state index in [0.717, 1.165) is 37.0 Å². The second-order valence-corrected chi connectivity index (χ2v) is 7.68. The lowest BCUT2D eigenvalue weighted by Crippen LogP contribution is -2.63. The van der Waals surface area contributed by atoms with Gasteiger partial charge in [0.05, 0.1) is 6.07 Å². The van der Waals surface area contributed by atoms with Gasteiger partial charge in [-0.15, -0.1) is 0 Å². The van der Waals surface area contributed by atoms with Gasteiger partial charge in [0.15, 0.2) is 0 Å². The second kappa shape index (κ2) is 5.19. The van der Waals surface area contributed by atoms with Gasteiger partial charge in [-0.05, 0) is 69.1 Å². The van der Waals surface area contributed by atoms with E-state index in [2.05, 4.69) is 16.7 Å². The van der Waals surface area contributed by atoms with E-state index in [1.807, 2.05) is 13.8 Å². The maximum absolute atomic E-state index is 12.4. The number of rotatable bonds is 4. The minimum absolute atomic E-state index is 0.0154. The van der Waals surface area contributed by atoms with E-state index in [9.17, 15) is 10.1 Å². The zero-order valence-electron chi connectivity index (χ0n) is 13.2. The topological polar surface area (TPSA) is 64.9 Å². The van der Waals surface area contributed by atoms with Crippen LogP contribution in [0.1, 0.15) is 65.2 Å². The van der Waals surface area contributed by atoms with Crippen molar-refractivity contribution >= 4 is 6.03 Å². The van der Waals surface area contributed by atoms with Gasteiger partial charge in [-0.2, -0.15) is 5.26 Å². The monoisotopic (exact) mass is 289 g/mol. The Kier molecular flexibility index (Phi) is 3.63. The number of hydrogen-bond donors (Lipinski definition) is 2. The summed E-state index contributed by atoms with van der Waals surface area (Å²) in [4.78, 5) is 12.4. The van der Waals surface area contributed by atoms with Gasteiger partial charge in [-0.3, -0.25) is 0 Å². The molecule has 2 N–H and O–H groups in total. The van der Waals surface area contributed by atoms with Crippen LogP contribution in [-0.4, -0.2) is 17.1 Å². The van der Waals surface area contributed by atoms with Gasteiger partial charge in [0.1, 0.15) is 5.54 Å². The molecular formula is C17H27N3O. The molecule has 4 saturated carbocycles. The molecule has 0 heterocycles. The second-order valence-electron chi connectivity index (χ2n) is 7.68. The lowest BCUT2D eigenvalue weighted by Gasteiger charge is -2.56. The van der Waals surface area contributed by atoms with E-state index in [1.165, 1.54) is 19.3 Å². The molecule has 0 radical (unpaired) electrons. The number of nitriles is 1. The molecule has 4 aliphatic carbocycles. The molecule has 4 rings (SSSR count). The van der Waals surface area contributed by atoms with Gasteiger partial charge in [-0.25, -0.2) is 4.79 Å². The highest BCUT2D eigenvalue weighted by molar-refractivity contribution is 5.76. The third-order valence-electron chi connectivity index (χ3n) is 6.19. The van der Waals surface area contributed by atoms with Crippen molar-refractivity contribution in [1.29, 1.82) is 5.26 Å². The summed E-state index contributed by atoms with van der Waals surface area (Å²) in [5.41, 5.74) is -0.701. The van der Waals surface area contributed by atoms with Crippen molar-refractivity contribution in [2.75, 3.05) is 0 Å². The molecule has 2 amide bonds. The Bertz CT molecular complexity index is 426. The quantitative estimate of drug-likeness (QED) is 0.833. The summed E-state index contributed by atoms with van der Waals surface area (Å²) in [5.74, 6) is 2.44. The normalized spacial score (nSPS) is 37.1. The van der Waals surface area contributed by atoms with E-state index in [1.54, 1.807) is 0 Å². The average Bonchev–Trinajstić information content (AvgIpc) is 2.43. The highest BCUT2D eigenvalue weighted by atomic mass is 16.2. The van der Waals surface area contributed by atoms with E-state index >= 15 is 0 Å². The molecule has 4 aliphatic rings. The van der Waals surface area contributed by atoms with E-state index in [-0.39, 0.29) is 11.6 Å². The number of amides is 2. The van der Waals surface area contributed by atoms with Crippen LogP contribution in [0.4, 0.5) is 4.79 Å². The Morgan fingerprint density at radius 3 is 2.00 bits per heavy atom. The SMILES string of the molecule is CCC(C#N)(CC)NC(=O)NC12CC3CC(CC(C3)C1)C2. The maximum Gasteiger partial charge on any atom is 0.316 e. The van der Waals surface area contributed by atoms with Crippen molar-refractivity contribution in [3.05, 3.63) is 0 Å².